The summed E-state index contributed by atoms with van der Waals surface area (Å²) < 4.78 is 38.9. The first-order valence-electron chi connectivity index (χ1n) is 5.57. The van der Waals surface area contributed by atoms with E-state index in [-0.39, 0.29) is 29.9 Å². The van der Waals surface area contributed by atoms with Crippen LogP contribution < -0.4 is 10.2 Å². The van der Waals surface area contributed by atoms with Crippen molar-refractivity contribution < 1.29 is 18.0 Å². The van der Waals surface area contributed by atoms with E-state index in [1.807, 2.05) is 0 Å². The SMILES string of the molecule is CC(C)N1CC(=O)Nc2cccc(C(F)(F)F)c21. The van der Waals surface area contributed by atoms with Crippen LogP contribution in [-0.2, 0) is 11.0 Å². The lowest BCUT2D eigenvalue weighted by Crippen LogP contribution is -2.43. The van der Waals surface area contributed by atoms with Crippen molar-refractivity contribution >= 4 is 17.3 Å². The zero-order valence-electron chi connectivity index (χ0n) is 10.0. The number of carbonyl (C=O) groups is 1. The lowest BCUT2D eigenvalue weighted by molar-refractivity contribution is -0.137. The van der Waals surface area contributed by atoms with Crippen LogP contribution in [0.1, 0.15) is 19.4 Å². The van der Waals surface area contributed by atoms with Crippen LogP contribution in [0.3, 0.4) is 0 Å². The lowest BCUT2D eigenvalue weighted by Gasteiger charge is -2.36. The number of para-hydroxylation sites is 1. The van der Waals surface area contributed by atoms with E-state index in [0.717, 1.165) is 6.07 Å². The Morgan fingerprint density at radius 1 is 1.33 bits per heavy atom. The Hall–Kier alpha value is -1.72. The topological polar surface area (TPSA) is 32.3 Å². The number of carbonyl (C=O) groups excluding carboxylic acids is 1. The fourth-order valence-electron chi connectivity index (χ4n) is 2.05. The van der Waals surface area contributed by atoms with Crippen LogP contribution in [0.4, 0.5) is 24.5 Å². The second kappa shape index (κ2) is 4.19. The molecule has 1 aromatic rings. The Bertz CT molecular complexity index is 483. The molecule has 3 nitrogen and oxygen atoms in total. The molecule has 1 aliphatic rings. The van der Waals surface area contributed by atoms with E-state index in [2.05, 4.69) is 5.32 Å². The first-order valence-corrected chi connectivity index (χ1v) is 5.57. The van der Waals surface area contributed by atoms with Gasteiger partial charge in [-0.3, -0.25) is 4.79 Å². The standard InChI is InChI=1S/C12H13F3N2O/c1-7(2)17-6-10(18)16-9-5-3-4-8(11(9)17)12(13,14)15/h3-5,7H,6H2,1-2H3,(H,16,18). The smallest absolute Gasteiger partial charge is 0.358 e. The molecular weight excluding hydrogens is 245 g/mol. The minimum absolute atomic E-state index is 0.0552. The van der Waals surface area contributed by atoms with E-state index in [1.54, 1.807) is 13.8 Å². The van der Waals surface area contributed by atoms with Crippen molar-refractivity contribution in [2.75, 3.05) is 16.8 Å². The van der Waals surface area contributed by atoms with Crippen LogP contribution in [0, 0.1) is 0 Å². The Labute approximate surface area is 103 Å². The molecule has 0 radical (unpaired) electrons. The van der Waals surface area contributed by atoms with Gasteiger partial charge in [0.15, 0.2) is 0 Å². The second-order valence-corrected chi connectivity index (χ2v) is 4.47. The maximum Gasteiger partial charge on any atom is 0.418 e. The van der Waals surface area contributed by atoms with Crippen molar-refractivity contribution in [2.24, 2.45) is 0 Å². The first-order chi connectivity index (χ1) is 8.30. The molecule has 1 heterocycles. The summed E-state index contributed by atoms with van der Waals surface area (Å²) in [4.78, 5) is 12.9. The number of nitrogens with one attached hydrogen (secondary N) is 1. The van der Waals surface area contributed by atoms with E-state index < -0.39 is 11.7 Å². The van der Waals surface area contributed by atoms with Crippen molar-refractivity contribution in [1.29, 1.82) is 0 Å². The van der Waals surface area contributed by atoms with Gasteiger partial charge in [0, 0.05) is 6.04 Å². The number of alkyl halides is 3. The van der Waals surface area contributed by atoms with Crippen molar-refractivity contribution in [3.63, 3.8) is 0 Å². The zero-order chi connectivity index (χ0) is 13.5. The minimum atomic E-state index is -4.43. The number of fused-ring (bicyclic) bond motifs is 1. The first kappa shape index (κ1) is 12.7. The minimum Gasteiger partial charge on any atom is -0.358 e. The van der Waals surface area contributed by atoms with Crippen LogP contribution in [0.25, 0.3) is 0 Å². The van der Waals surface area contributed by atoms with Gasteiger partial charge in [-0.15, -0.1) is 0 Å². The molecule has 6 heteroatoms. The summed E-state index contributed by atoms with van der Waals surface area (Å²) in [6.07, 6.45) is -4.43. The molecule has 0 bridgehead atoms. The van der Waals surface area contributed by atoms with Crippen molar-refractivity contribution in [3.05, 3.63) is 23.8 Å². The number of amides is 1. The van der Waals surface area contributed by atoms with Gasteiger partial charge in [-0.1, -0.05) is 6.07 Å². The number of rotatable bonds is 1. The summed E-state index contributed by atoms with van der Waals surface area (Å²) in [5.74, 6) is -0.296. The van der Waals surface area contributed by atoms with Crippen molar-refractivity contribution in [3.8, 4) is 0 Å². The molecule has 18 heavy (non-hydrogen) atoms. The van der Waals surface area contributed by atoms with Gasteiger partial charge in [-0.05, 0) is 26.0 Å². The number of anilines is 2. The van der Waals surface area contributed by atoms with Crippen LogP contribution in [0.15, 0.2) is 18.2 Å². The molecule has 0 aliphatic carbocycles. The van der Waals surface area contributed by atoms with Crippen LogP contribution >= 0.6 is 0 Å². The highest BCUT2D eigenvalue weighted by Crippen LogP contribution is 2.42. The van der Waals surface area contributed by atoms with Gasteiger partial charge >= 0.3 is 6.18 Å². The molecule has 1 aliphatic heterocycles. The van der Waals surface area contributed by atoms with E-state index >= 15 is 0 Å². The average Bonchev–Trinajstić information content (AvgIpc) is 2.25. The molecule has 1 aromatic carbocycles. The quantitative estimate of drug-likeness (QED) is 0.840. The summed E-state index contributed by atoms with van der Waals surface area (Å²) in [7, 11) is 0. The number of benzene rings is 1. The highest BCUT2D eigenvalue weighted by molar-refractivity contribution is 6.02. The average molecular weight is 258 g/mol. The lowest BCUT2D eigenvalue weighted by atomic mass is 10.1. The zero-order valence-corrected chi connectivity index (χ0v) is 10.0. The molecule has 0 atom stereocenters. The van der Waals surface area contributed by atoms with Crippen LogP contribution in [0.2, 0.25) is 0 Å². The van der Waals surface area contributed by atoms with Gasteiger partial charge < -0.3 is 10.2 Å². The second-order valence-electron chi connectivity index (χ2n) is 4.47. The summed E-state index contributed by atoms with van der Waals surface area (Å²) in [6, 6.07) is 3.63. The molecule has 0 aromatic heterocycles. The van der Waals surface area contributed by atoms with Crippen LogP contribution in [-0.4, -0.2) is 18.5 Å². The fourth-order valence-corrected chi connectivity index (χ4v) is 2.05. The molecule has 0 spiro atoms. The van der Waals surface area contributed by atoms with E-state index in [0.29, 0.717) is 0 Å². The highest BCUT2D eigenvalue weighted by Gasteiger charge is 2.38. The van der Waals surface area contributed by atoms with Crippen molar-refractivity contribution in [2.45, 2.75) is 26.1 Å². The Balaban J connectivity index is 2.61. The molecule has 2 rings (SSSR count). The Kier molecular flexibility index (Phi) is 2.96. The predicted octanol–water partition coefficient (Wildman–Crippen LogP) is 2.87. The van der Waals surface area contributed by atoms with Gasteiger partial charge in [0.1, 0.15) is 0 Å². The maximum atomic E-state index is 13.0. The molecule has 0 unspecified atom stereocenters. The number of nitrogens with zero attached hydrogens (tertiary/aromatic N) is 1. The molecule has 0 fully saturated rings. The summed E-state index contributed by atoms with van der Waals surface area (Å²) in [5, 5.41) is 2.48. The fraction of sp³-hybridized carbons (Fsp3) is 0.417. The Morgan fingerprint density at radius 3 is 2.56 bits per heavy atom. The summed E-state index contributed by atoms with van der Waals surface area (Å²) in [5.41, 5.74) is -0.442. The molecule has 1 amide bonds. The van der Waals surface area contributed by atoms with Gasteiger partial charge in [-0.2, -0.15) is 13.2 Å². The number of halogens is 3. The molecule has 98 valence electrons. The third kappa shape index (κ3) is 2.14. The predicted molar refractivity (Wildman–Crippen MR) is 62.6 cm³/mol. The normalized spacial score (nSPS) is 15.7. The number of hydrogen-bond acceptors (Lipinski definition) is 2. The van der Waals surface area contributed by atoms with E-state index in [9.17, 15) is 18.0 Å². The molecule has 1 N–H and O–H groups in total. The molecule has 0 saturated heterocycles. The molecule has 0 saturated carbocycles. The Morgan fingerprint density at radius 2 is 2.00 bits per heavy atom. The summed E-state index contributed by atoms with van der Waals surface area (Å²) >= 11 is 0. The van der Waals surface area contributed by atoms with Gasteiger partial charge in [-0.25, -0.2) is 0 Å². The van der Waals surface area contributed by atoms with Crippen LogP contribution in [0.5, 0.6) is 0 Å². The largest absolute Gasteiger partial charge is 0.418 e. The van der Waals surface area contributed by atoms with Gasteiger partial charge in [0.05, 0.1) is 23.5 Å². The van der Waals surface area contributed by atoms with Crippen molar-refractivity contribution in [1.82, 2.24) is 0 Å². The number of hydrogen-bond donors (Lipinski definition) is 1. The van der Waals surface area contributed by atoms with E-state index in [1.165, 1.54) is 17.0 Å². The van der Waals surface area contributed by atoms with E-state index in [4.69, 9.17) is 0 Å². The third-order valence-electron chi connectivity index (χ3n) is 2.84. The molecular formula is C12H13F3N2O. The van der Waals surface area contributed by atoms with Gasteiger partial charge in [0.2, 0.25) is 5.91 Å². The van der Waals surface area contributed by atoms with Gasteiger partial charge in [0.25, 0.3) is 0 Å². The highest BCUT2D eigenvalue weighted by atomic mass is 19.4. The summed E-state index contributed by atoms with van der Waals surface area (Å²) in [6.45, 7) is 3.46. The maximum absolute atomic E-state index is 13.0. The monoisotopic (exact) mass is 258 g/mol. The third-order valence-corrected chi connectivity index (χ3v) is 2.84.